The summed E-state index contributed by atoms with van der Waals surface area (Å²) in [4.78, 5) is 0. The number of aryl methyl sites for hydroxylation is 2. The highest BCUT2D eigenvalue weighted by Gasteiger charge is 2.51. The van der Waals surface area contributed by atoms with Gasteiger partial charge in [0.05, 0.1) is 5.57 Å². The van der Waals surface area contributed by atoms with E-state index in [2.05, 4.69) is 5.10 Å². The molecule has 4 heterocycles. The lowest BCUT2D eigenvalue weighted by atomic mass is 9.88. The lowest BCUT2D eigenvalue weighted by molar-refractivity contribution is -0.356. The van der Waals surface area contributed by atoms with Crippen LogP contribution in [0.15, 0.2) is 42.2 Å². The monoisotopic (exact) mass is 286 g/mol. The molecular formula is C14H13BF2N4. The normalized spacial score (nSPS) is 18.8. The molecule has 4 nitrogen and oxygen atoms in total. The Morgan fingerprint density at radius 2 is 2.14 bits per heavy atom. The Labute approximate surface area is 120 Å². The molecule has 0 aromatic carbocycles. The molecule has 4 rings (SSSR count). The first kappa shape index (κ1) is 12.3. The molecule has 0 radical (unpaired) electrons. The number of aromatic nitrogens is 3. The summed E-state index contributed by atoms with van der Waals surface area (Å²) in [5, 5.41) is 4.45. The van der Waals surface area contributed by atoms with Crippen molar-refractivity contribution in [1.29, 1.82) is 0 Å². The summed E-state index contributed by atoms with van der Waals surface area (Å²) in [7, 11) is 1.85. The summed E-state index contributed by atoms with van der Waals surface area (Å²) < 4.78 is 33.0. The second kappa shape index (κ2) is 3.81. The number of hydrogen-bond donors (Lipinski definition) is 0. The number of rotatable bonds is 1. The van der Waals surface area contributed by atoms with Gasteiger partial charge in [-0.1, -0.05) is 0 Å². The molecule has 0 amide bonds. The summed E-state index contributed by atoms with van der Waals surface area (Å²) in [6.07, 6.45) is 6.21. The quantitative estimate of drug-likeness (QED) is 0.738. The molecule has 2 aliphatic heterocycles. The lowest BCUT2D eigenvalue weighted by Gasteiger charge is -2.30. The van der Waals surface area contributed by atoms with Crippen LogP contribution in [0.1, 0.15) is 17.1 Å². The SMILES string of the molecule is Cc1cc(C2=C3C=CC=[N+]3[B-](F)(F)n3cccc32)nn1C. The number of hydrogen-bond acceptors (Lipinski definition) is 1. The summed E-state index contributed by atoms with van der Waals surface area (Å²) in [5.74, 6) is 0. The fourth-order valence-corrected chi connectivity index (χ4v) is 2.96. The molecule has 0 N–H and O–H groups in total. The third-order valence-electron chi connectivity index (χ3n) is 4.11. The van der Waals surface area contributed by atoms with E-state index in [9.17, 15) is 8.63 Å². The van der Waals surface area contributed by atoms with E-state index >= 15 is 0 Å². The molecular weight excluding hydrogens is 273 g/mol. The highest BCUT2D eigenvalue weighted by Crippen LogP contribution is 2.37. The van der Waals surface area contributed by atoms with E-state index < -0.39 is 6.97 Å². The maximum absolute atomic E-state index is 14.6. The zero-order valence-corrected chi connectivity index (χ0v) is 11.7. The van der Waals surface area contributed by atoms with Crippen LogP contribution in [0.25, 0.3) is 5.57 Å². The lowest BCUT2D eigenvalue weighted by Crippen LogP contribution is -2.49. The van der Waals surface area contributed by atoms with E-state index in [0.29, 0.717) is 17.1 Å². The predicted octanol–water partition coefficient (Wildman–Crippen LogP) is 2.18. The van der Waals surface area contributed by atoms with Gasteiger partial charge in [0.25, 0.3) is 0 Å². The van der Waals surface area contributed by atoms with Crippen molar-refractivity contribution in [3.8, 4) is 0 Å². The minimum absolute atomic E-state index is 0.504. The molecule has 0 aliphatic carbocycles. The van der Waals surface area contributed by atoms with Gasteiger partial charge < -0.3 is 17.6 Å². The average molecular weight is 286 g/mol. The summed E-state index contributed by atoms with van der Waals surface area (Å²) in [6, 6.07) is 5.28. The van der Waals surface area contributed by atoms with E-state index in [0.717, 1.165) is 20.2 Å². The van der Waals surface area contributed by atoms with Crippen LogP contribution in [0.4, 0.5) is 8.63 Å². The van der Waals surface area contributed by atoms with Crippen molar-refractivity contribution < 1.29 is 13.1 Å². The number of fused-ring (bicyclic) bond motifs is 2. The minimum atomic E-state index is -3.84. The highest BCUT2D eigenvalue weighted by atomic mass is 19.2. The molecule has 7 heteroatoms. The van der Waals surface area contributed by atoms with Crippen LogP contribution < -0.4 is 0 Å². The first-order valence-corrected chi connectivity index (χ1v) is 6.75. The Bertz CT molecular complexity index is 835. The third kappa shape index (κ3) is 1.48. The first-order valence-electron chi connectivity index (χ1n) is 6.75. The molecule has 106 valence electrons. The van der Waals surface area contributed by atoms with Crippen molar-refractivity contribution in [2.45, 2.75) is 6.92 Å². The van der Waals surface area contributed by atoms with Crippen molar-refractivity contribution >= 4 is 18.8 Å². The van der Waals surface area contributed by atoms with E-state index in [1.54, 1.807) is 29.0 Å². The second-order valence-electron chi connectivity index (χ2n) is 5.36. The van der Waals surface area contributed by atoms with E-state index in [-0.39, 0.29) is 0 Å². The van der Waals surface area contributed by atoms with Gasteiger partial charge in [0, 0.05) is 30.6 Å². The molecule has 21 heavy (non-hydrogen) atoms. The van der Waals surface area contributed by atoms with Crippen LogP contribution in [-0.4, -0.2) is 31.9 Å². The van der Waals surface area contributed by atoms with E-state index in [1.807, 2.05) is 20.0 Å². The van der Waals surface area contributed by atoms with Crippen molar-refractivity contribution in [2.75, 3.05) is 0 Å². The Morgan fingerprint density at radius 1 is 1.33 bits per heavy atom. The van der Waals surface area contributed by atoms with Gasteiger partial charge in [0.1, 0.15) is 11.9 Å². The molecule has 2 aromatic rings. The van der Waals surface area contributed by atoms with Gasteiger partial charge in [-0.2, -0.15) is 5.10 Å². The Morgan fingerprint density at radius 3 is 2.86 bits per heavy atom. The number of nitrogens with zero attached hydrogens (tertiary/aromatic N) is 4. The van der Waals surface area contributed by atoms with Crippen LogP contribution >= 0.6 is 0 Å². The largest absolute Gasteiger partial charge is 0.737 e. The van der Waals surface area contributed by atoms with Gasteiger partial charge in [-0.3, -0.25) is 4.68 Å². The highest BCUT2D eigenvalue weighted by molar-refractivity contribution is 6.57. The Balaban J connectivity index is 2.06. The maximum Gasteiger partial charge on any atom is 0.737 e. The standard InChI is InChI=1S/C14H13BF2N4/c1-10-9-11(18-19(10)2)14-12-5-3-7-20(12)15(16,17)21-8-4-6-13(14)21/h3-9H,1-2H3. The molecule has 2 aliphatic rings. The van der Waals surface area contributed by atoms with Crippen LogP contribution in [0.3, 0.4) is 0 Å². The Hall–Kier alpha value is -2.44. The summed E-state index contributed by atoms with van der Waals surface area (Å²) in [5.41, 5.74) is 3.44. The third-order valence-corrected chi connectivity index (χ3v) is 4.11. The molecule has 0 bridgehead atoms. The van der Waals surface area contributed by atoms with E-state index in [4.69, 9.17) is 0 Å². The van der Waals surface area contributed by atoms with E-state index in [1.165, 1.54) is 12.4 Å². The van der Waals surface area contributed by atoms with Gasteiger partial charge in [-0.05, 0) is 31.3 Å². The fraction of sp³-hybridized carbons (Fsp3) is 0.143. The van der Waals surface area contributed by atoms with Crippen LogP contribution in [0.2, 0.25) is 0 Å². The van der Waals surface area contributed by atoms with Gasteiger partial charge in [-0.25, -0.2) is 0 Å². The number of halogens is 2. The van der Waals surface area contributed by atoms with Gasteiger partial charge in [0.15, 0.2) is 5.70 Å². The molecule has 0 saturated heterocycles. The van der Waals surface area contributed by atoms with Crippen molar-refractivity contribution in [3.05, 3.63) is 59.3 Å². The minimum Gasteiger partial charge on any atom is -0.396 e. The molecule has 0 fully saturated rings. The average Bonchev–Trinajstić information content (AvgIpc) is 3.11. The van der Waals surface area contributed by atoms with Crippen molar-refractivity contribution in [1.82, 2.24) is 14.3 Å². The van der Waals surface area contributed by atoms with Crippen LogP contribution in [-0.2, 0) is 7.05 Å². The van der Waals surface area contributed by atoms with Gasteiger partial charge in [-0.15, -0.1) is 0 Å². The van der Waals surface area contributed by atoms with Gasteiger partial charge >= 0.3 is 6.97 Å². The summed E-state index contributed by atoms with van der Waals surface area (Å²) in [6.45, 7) is -1.90. The maximum atomic E-state index is 14.6. The zero-order valence-electron chi connectivity index (χ0n) is 11.7. The zero-order chi connectivity index (χ0) is 14.8. The molecule has 0 atom stereocenters. The second-order valence-corrected chi connectivity index (χ2v) is 5.36. The molecule has 2 aromatic heterocycles. The summed E-state index contributed by atoms with van der Waals surface area (Å²) >= 11 is 0. The van der Waals surface area contributed by atoms with Crippen LogP contribution in [0.5, 0.6) is 0 Å². The molecule has 0 unspecified atom stereocenters. The Kier molecular flexibility index (Phi) is 2.23. The fourth-order valence-electron chi connectivity index (χ4n) is 2.96. The van der Waals surface area contributed by atoms with Crippen molar-refractivity contribution in [2.24, 2.45) is 7.05 Å². The first-order chi connectivity index (χ1) is 10.00. The molecule has 0 saturated carbocycles. The smallest absolute Gasteiger partial charge is 0.396 e. The molecule has 0 spiro atoms. The topological polar surface area (TPSA) is 25.8 Å². The number of allylic oxidation sites excluding steroid dienone is 2. The van der Waals surface area contributed by atoms with Crippen LogP contribution in [0, 0.1) is 6.92 Å². The predicted molar refractivity (Wildman–Crippen MR) is 77.2 cm³/mol. The van der Waals surface area contributed by atoms with Gasteiger partial charge in [0.2, 0.25) is 0 Å². The van der Waals surface area contributed by atoms with Crippen molar-refractivity contribution in [3.63, 3.8) is 0 Å².